The molecule has 0 aliphatic rings. The van der Waals surface area contributed by atoms with Crippen molar-refractivity contribution in [3.63, 3.8) is 0 Å². The van der Waals surface area contributed by atoms with Crippen LogP contribution < -0.4 is 0 Å². The van der Waals surface area contributed by atoms with Gasteiger partial charge in [0.05, 0.1) is 5.56 Å². The van der Waals surface area contributed by atoms with Crippen LogP contribution in [0.5, 0.6) is 0 Å². The van der Waals surface area contributed by atoms with Crippen LogP contribution in [0.3, 0.4) is 0 Å². The van der Waals surface area contributed by atoms with Gasteiger partial charge in [-0.1, -0.05) is 44.9 Å². The lowest BCUT2D eigenvalue weighted by Gasteiger charge is -2.16. The Morgan fingerprint density at radius 1 is 1.29 bits per heavy atom. The first-order valence-corrected chi connectivity index (χ1v) is 6.45. The zero-order valence-corrected chi connectivity index (χ0v) is 11.0. The number of benzene rings is 1. The SMILES string of the molecule is CCCCC(CC)OC(=O)c1ccccc1C. The molecule has 0 amide bonds. The van der Waals surface area contributed by atoms with Gasteiger partial charge >= 0.3 is 5.97 Å². The molecule has 0 aromatic heterocycles. The average molecular weight is 234 g/mol. The third-order valence-electron chi connectivity index (χ3n) is 2.97. The van der Waals surface area contributed by atoms with Gasteiger partial charge in [0.15, 0.2) is 0 Å². The molecule has 0 aliphatic heterocycles. The van der Waals surface area contributed by atoms with Crippen molar-refractivity contribution in [2.24, 2.45) is 0 Å². The Bertz CT molecular complexity index is 358. The summed E-state index contributed by atoms with van der Waals surface area (Å²) in [6, 6.07) is 7.56. The topological polar surface area (TPSA) is 26.3 Å². The maximum Gasteiger partial charge on any atom is 0.338 e. The molecule has 0 fully saturated rings. The Labute approximate surface area is 104 Å². The summed E-state index contributed by atoms with van der Waals surface area (Å²) in [7, 11) is 0. The van der Waals surface area contributed by atoms with Crippen LogP contribution >= 0.6 is 0 Å². The highest BCUT2D eigenvalue weighted by molar-refractivity contribution is 5.91. The van der Waals surface area contributed by atoms with E-state index in [9.17, 15) is 4.79 Å². The molecule has 2 heteroatoms. The molecule has 0 heterocycles. The second-order valence-corrected chi connectivity index (χ2v) is 4.39. The number of carbonyl (C=O) groups excluding carboxylic acids is 1. The summed E-state index contributed by atoms with van der Waals surface area (Å²) in [4.78, 5) is 12.0. The molecule has 0 radical (unpaired) electrons. The van der Waals surface area contributed by atoms with E-state index in [1.807, 2.05) is 31.2 Å². The van der Waals surface area contributed by atoms with Gasteiger partial charge < -0.3 is 4.74 Å². The third-order valence-corrected chi connectivity index (χ3v) is 2.97. The lowest BCUT2D eigenvalue weighted by molar-refractivity contribution is 0.0267. The van der Waals surface area contributed by atoms with Gasteiger partial charge in [0.25, 0.3) is 0 Å². The van der Waals surface area contributed by atoms with E-state index in [1.54, 1.807) is 0 Å². The quantitative estimate of drug-likeness (QED) is 0.692. The summed E-state index contributed by atoms with van der Waals surface area (Å²) in [6.45, 7) is 6.14. The molecule has 1 atom stereocenters. The van der Waals surface area contributed by atoms with E-state index in [-0.39, 0.29) is 12.1 Å². The van der Waals surface area contributed by atoms with Gasteiger partial charge in [0.2, 0.25) is 0 Å². The first-order chi connectivity index (χ1) is 8.19. The van der Waals surface area contributed by atoms with Crippen LogP contribution in [0.15, 0.2) is 24.3 Å². The zero-order valence-electron chi connectivity index (χ0n) is 11.0. The minimum atomic E-state index is -0.189. The van der Waals surface area contributed by atoms with E-state index in [0.29, 0.717) is 5.56 Å². The molecule has 0 saturated carbocycles. The fourth-order valence-electron chi connectivity index (χ4n) is 1.79. The summed E-state index contributed by atoms with van der Waals surface area (Å²) in [5, 5.41) is 0. The summed E-state index contributed by atoms with van der Waals surface area (Å²) < 4.78 is 5.53. The van der Waals surface area contributed by atoms with Gasteiger partial charge in [-0.2, -0.15) is 0 Å². The van der Waals surface area contributed by atoms with Crippen molar-refractivity contribution in [3.8, 4) is 0 Å². The molecule has 17 heavy (non-hydrogen) atoms. The standard InChI is InChI=1S/C15H22O2/c1-4-6-10-13(5-2)17-15(16)14-11-8-7-9-12(14)3/h7-9,11,13H,4-6,10H2,1-3H3. The number of carbonyl (C=O) groups is 1. The fraction of sp³-hybridized carbons (Fsp3) is 0.533. The molecular formula is C15H22O2. The summed E-state index contributed by atoms with van der Waals surface area (Å²) in [5.74, 6) is -0.189. The molecule has 1 aromatic rings. The van der Waals surface area contributed by atoms with Crippen molar-refractivity contribution >= 4 is 5.97 Å². The van der Waals surface area contributed by atoms with E-state index in [1.165, 1.54) is 0 Å². The molecule has 0 spiro atoms. The smallest absolute Gasteiger partial charge is 0.338 e. The van der Waals surface area contributed by atoms with E-state index in [0.717, 1.165) is 31.2 Å². The van der Waals surface area contributed by atoms with Crippen molar-refractivity contribution in [2.75, 3.05) is 0 Å². The molecule has 1 unspecified atom stereocenters. The Balaban J connectivity index is 2.61. The Kier molecular flexibility index (Phi) is 5.75. The van der Waals surface area contributed by atoms with Crippen molar-refractivity contribution < 1.29 is 9.53 Å². The van der Waals surface area contributed by atoms with Gasteiger partial charge in [-0.25, -0.2) is 4.79 Å². The number of rotatable bonds is 6. The molecule has 0 aliphatic carbocycles. The Morgan fingerprint density at radius 3 is 2.59 bits per heavy atom. The number of unbranched alkanes of at least 4 members (excludes halogenated alkanes) is 1. The lowest BCUT2D eigenvalue weighted by atomic mass is 10.1. The van der Waals surface area contributed by atoms with Gasteiger partial charge in [-0.05, 0) is 31.4 Å². The van der Waals surface area contributed by atoms with E-state index < -0.39 is 0 Å². The third kappa shape index (κ3) is 4.22. The van der Waals surface area contributed by atoms with Gasteiger partial charge in [-0.15, -0.1) is 0 Å². The van der Waals surface area contributed by atoms with Crippen molar-refractivity contribution in [1.82, 2.24) is 0 Å². The van der Waals surface area contributed by atoms with E-state index in [2.05, 4.69) is 13.8 Å². The zero-order chi connectivity index (χ0) is 12.7. The number of hydrogen-bond acceptors (Lipinski definition) is 2. The van der Waals surface area contributed by atoms with Crippen LogP contribution in [-0.4, -0.2) is 12.1 Å². The molecule has 0 bridgehead atoms. The number of ether oxygens (including phenoxy) is 1. The molecular weight excluding hydrogens is 212 g/mol. The predicted molar refractivity (Wildman–Crippen MR) is 70.2 cm³/mol. The van der Waals surface area contributed by atoms with E-state index in [4.69, 9.17) is 4.74 Å². The highest BCUT2D eigenvalue weighted by Gasteiger charge is 2.15. The highest BCUT2D eigenvalue weighted by Crippen LogP contribution is 2.14. The molecule has 0 N–H and O–H groups in total. The number of esters is 1. The van der Waals surface area contributed by atoms with Gasteiger partial charge in [0.1, 0.15) is 6.10 Å². The summed E-state index contributed by atoms with van der Waals surface area (Å²) >= 11 is 0. The van der Waals surface area contributed by atoms with Crippen LogP contribution in [0.1, 0.15) is 55.5 Å². The van der Waals surface area contributed by atoms with Crippen molar-refractivity contribution in [1.29, 1.82) is 0 Å². The van der Waals surface area contributed by atoms with Gasteiger partial charge in [-0.3, -0.25) is 0 Å². The summed E-state index contributed by atoms with van der Waals surface area (Å²) in [6.07, 6.45) is 4.15. The first kappa shape index (κ1) is 13.8. The minimum absolute atomic E-state index is 0.0575. The van der Waals surface area contributed by atoms with Crippen LogP contribution in [0.25, 0.3) is 0 Å². The fourth-order valence-corrected chi connectivity index (χ4v) is 1.79. The molecule has 94 valence electrons. The van der Waals surface area contributed by atoms with E-state index >= 15 is 0 Å². The normalized spacial score (nSPS) is 12.2. The van der Waals surface area contributed by atoms with Crippen molar-refractivity contribution in [2.45, 2.75) is 52.6 Å². The number of hydrogen-bond donors (Lipinski definition) is 0. The number of aryl methyl sites for hydroxylation is 1. The lowest BCUT2D eigenvalue weighted by Crippen LogP contribution is -2.18. The monoisotopic (exact) mass is 234 g/mol. The van der Waals surface area contributed by atoms with Crippen LogP contribution in [-0.2, 0) is 4.74 Å². The average Bonchev–Trinajstić information content (AvgIpc) is 2.34. The highest BCUT2D eigenvalue weighted by atomic mass is 16.5. The van der Waals surface area contributed by atoms with Crippen LogP contribution in [0.4, 0.5) is 0 Å². The summed E-state index contributed by atoms with van der Waals surface area (Å²) in [5.41, 5.74) is 1.66. The van der Waals surface area contributed by atoms with Gasteiger partial charge in [0, 0.05) is 0 Å². The molecule has 1 rings (SSSR count). The Morgan fingerprint density at radius 2 is 2.00 bits per heavy atom. The molecule has 0 saturated heterocycles. The predicted octanol–water partition coefficient (Wildman–Crippen LogP) is 4.12. The van der Waals surface area contributed by atoms with Crippen molar-refractivity contribution in [3.05, 3.63) is 35.4 Å². The second kappa shape index (κ2) is 7.10. The van der Waals surface area contributed by atoms with Crippen LogP contribution in [0, 0.1) is 6.92 Å². The van der Waals surface area contributed by atoms with Crippen LogP contribution in [0.2, 0.25) is 0 Å². The Hall–Kier alpha value is -1.31. The molecule has 2 nitrogen and oxygen atoms in total. The molecule has 1 aromatic carbocycles. The largest absolute Gasteiger partial charge is 0.459 e. The second-order valence-electron chi connectivity index (χ2n) is 4.39. The first-order valence-electron chi connectivity index (χ1n) is 6.45. The minimum Gasteiger partial charge on any atom is -0.459 e. The maximum atomic E-state index is 12.0. The maximum absolute atomic E-state index is 12.0.